The summed E-state index contributed by atoms with van der Waals surface area (Å²) in [5.41, 5.74) is 14.4. The maximum Gasteiger partial charge on any atom is 0.115 e. The molecule has 3 aromatic rings. The molecule has 0 amide bonds. The largest absolute Gasteiger partial charge is 0.508 e. The predicted octanol–water partition coefficient (Wildman–Crippen LogP) is 22.1. The van der Waals surface area contributed by atoms with E-state index in [0.717, 1.165) is 12.1 Å². The van der Waals surface area contributed by atoms with Crippen LogP contribution in [0.15, 0.2) is 64.6 Å². The fraction of sp³-hybridized carbons (Fsp3) is 0.535. The summed E-state index contributed by atoms with van der Waals surface area (Å²) in [4.78, 5) is 11.3. The molecule has 0 saturated heterocycles. The van der Waals surface area contributed by atoms with E-state index in [9.17, 15) is 0 Å². The predicted molar refractivity (Wildman–Crippen MR) is 389 cm³/mol. The van der Waals surface area contributed by atoms with Crippen LogP contribution in [-0.4, -0.2) is 16.5 Å². The number of para-hydroxylation sites is 1. The van der Waals surface area contributed by atoms with Crippen molar-refractivity contribution in [2.75, 3.05) is 0 Å². The Morgan fingerprint density at radius 3 is 1.01 bits per heavy atom. The first-order valence-corrected chi connectivity index (χ1v) is 34.8. The molecule has 0 aliphatic rings. The van der Waals surface area contributed by atoms with Gasteiger partial charge in [0.05, 0.1) is 22.8 Å². The summed E-state index contributed by atoms with van der Waals surface area (Å²) in [6, 6.07) is 18.7. The topological polar surface area (TPSA) is 45.0 Å². The molecule has 0 spiro atoms. The third-order valence-corrected chi connectivity index (χ3v) is 15.4. The minimum absolute atomic E-state index is 0. The molecule has 3 nitrogen and oxygen atoms in total. The van der Waals surface area contributed by atoms with Crippen molar-refractivity contribution < 1.29 is 21.6 Å². The van der Waals surface area contributed by atoms with Crippen molar-refractivity contribution >= 4 is 22.8 Å². The molecule has 3 aromatic carbocycles. The van der Waals surface area contributed by atoms with E-state index in [1.54, 1.807) is 57.6 Å². The molecule has 3 rings (SSSR count). The first-order chi connectivity index (χ1) is 43.8. The van der Waals surface area contributed by atoms with Gasteiger partial charge in [-0.2, -0.15) is 0 Å². The fourth-order valence-electron chi connectivity index (χ4n) is 10.5. The van der Waals surface area contributed by atoms with Crippen molar-refractivity contribution in [2.45, 2.75) is 299 Å². The summed E-state index contributed by atoms with van der Waals surface area (Å²) in [5, 5.41) is 8.63. The molecule has 4 heteroatoms. The van der Waals surface area contributed by atoms with Crippen molar-refractivity contribution in [1.82, 2.24) is 0 Å². The maximum atomic E-state index is 8.63. The number of aliphatic imine (C=N–C) groups is 2. The summed E-state index contributed by atoms with van der Waals surface area (Å²) in [7, 11) is 0. The van der Waals surface area contributed by atoms with E-state index in [2.05, 4.69) is 180 Å². The van der Waals surface area contributed by atoms with E-state index >= 15 is 0 Å². The molecular weight excluding hydrogens is 1140 g/mol. The molecule has 0 saturated carbocycles. The van der Waals surface area contributed by atoms with Crippen molar-refractivity contribution in [1.29, 1.82) is 0 Å². The average Bonchev–Trinajstić information content (AvgIpc) is 2.86. The normalized spacial score (nSPS) is 9.93. The number of phenolic OH excluding ortho intramolecular Hbond substituents is 1. The number of nitrogens with zero attached hydrogens (tertiary/aromatic N) is 2. The third kappa shape index (κ3) is 45.2. The molecule has 0 radical (unpaired) electrons. The van der Waals surface area contributed by atoms with Gasteiger partial charge in [-0.05, 0) is 255 Å². The quantitative estimate of drug-likeness (QED) is 0.0199. The van der Waals surface area contributed by atoms with Crippen LogP contribution in [0.1, 0.15) is 294 Å². The van der Waals surface area contributed by atoms with Crippen LogP contribution >= 0.6 is 0 Å². The van der Waals surface area contributed by atoms with Crippen LogP contribution in [-0.2, 0) is 55.0 Å². The van der Waals surface area contributed by atoms with Gasteiger partial charge < -0.3 is 11.5 Å². The summed E-state index contributed by atoms with van der Waals surface area (Å²) in [6.45, 7) is 18.6. The van der Waals surface area contributed by atoms with E-state index in [1.807, 2.05) is 12.0 Å². The summed E-state index contributed by atoms with van der Waals surface area (Å²) < 4.78 is 0. The number of phenols is 1. The molecule has 0 bridgehead atoms. The van der Waals surface area contributed by atoms with Crippen LogP contribution in [0.4, 0.5) is 11.4 Å². The first-order valence-electron chi connectivity index (χ1n) is 34.8. The number of rotatable bonds is 41. The van der Waals surface area contributed by atoms with E-state index in [1.165, 1.54) is 255 Å². The maximum absolute atomic E-state index is 8.63. The molecule has 0 heterocycles. The molecule has 0 atom stereocenters. The Kier molecular flexibility index (Phi) is 57.2. The van der Waals surface area contributed by atoms with Crippen LogP contribution < -0.4 is 0 Å². The van der Waals surface area contributed by atoms with E-state index in [-0.39, 0.29) is 16.5 Å². The fourth-order valence-corrected chi connectivity index (χ4v) is 10.5. The van der Waals surface area contributed by atoms with Crippen LogP contribution in [0.5, 0.6) is 5.75 Å². The minimum Gasteiger partial charge on any atom is -0.508 e. The molecule has 0 aliphatic carbocycles. The number of terminal acetylenes is 1. The van der Waals surface area contributed by atoms with Gasteiger partial charge in [0.15, 0.2) is 0 Å². The van der Waals surface area contributed by atoms with E-state index in [4.69, 9.17) is 27.9 Å². The molecule has 482 valence electrons. The van der Waals surface area contributed by atoms with E-state index in [0.29, 0.717) is 5.75 Å². The van der Waals surface area contributed by atoms with Gasteiger partial charge in [-0.15, -0.1) is 12.3 Å². The standard InChI is InChI=1S/C60H104N2.C20H.C6H6O.Ni/c1-9-16-23-27-29-30-31-32-33-35-39-46-60(51(8)61-56-47-52(40-20-13-5)58(44-22-15-7)54(48-56)42-36-25-18-11-3)62-57-49-53(41-21-14-6)59(45-38-34-28-24-17-10-2)55(50-57)43-37-26-19-12-4;1-3-5-7-9-11-13-15-17-19-20-18-16-14-12-10-8-6-4-2;7-6-4-2-1-3-5-6;/h47-50H,9-46H2,1-8H3;1H;1-5,7H;/q;-1;;. The first kappa shape index (κ1) is 82.9. The number of aromatic hydroxyl groups is 1. The monoisotopic (exact) mass is 1250 g/mol. The number of unbranched alkanes of at least 4 members (excludes halogenated alkanes) is 24. The molecule has 0 unspecified atom stereocenters. The number of aryl methyl sites for hydroxylation is 4. The van der Waals surface area contributed by atoms with Gasteiger partial charge in [0, 0.05) is 16.5 Å². The molecule has 0 aromatic heterocycles. The van der Waals surface area contributed by atoms with Crippen LogP contribution in [0.25, 0.3) is 0 Å². The van der Waals surface area contributed by atoms with Crippen LogP contribution in [0.2, 0.25) is 0 Å². The Labute approximate surface area is 563 Å². The summed E-state index contributed by atoms with van der Waals surface area (Å²) in [6.07, 6.45) is 60.8. The van der Waals surface area contributed by atoms with Crippen LogP contribution in [0.3, 0.4) is 0 Å². The van der Waals surface area contributed by atoms with Gasteiger partial charge in [0.1, 0.15) is 5.75 Å². The zero-order valence-electron chi connectivity index (χ0n) is 57.3. The number of hydrogen-bond acceptors (Lipinski definition) is 3. The van der Waals surface area contributed by atoms with Gasteiger partial charge in [-0.3, -0.25) is 15.9 Å². The van der Waals surface area contributed by atoms with E-state index < -0.39 is 0 Å². The van der Waals surface area contributed by atoms with Crippen molar-refractivity contribution in [3.63, 3.8) is 0 Å². The zero-order valence-corrected chi connectivity index (χ0v) is 58.3. The Balaban J connectivity index is 0.00000232. The third-order valence-electron chi connectivity index (χ3n) is 15.4. The molecule has 0 fully saturated rings. The second-order valence-corrected chi connectivity index (χ2v) is 23.1. The Morgan fingerprint density at radius 1 is 0.367 bits per heavy atom. The van der Waals surface area contributed by atoms with Crippen molar-refractivity contribution in [3.05, 3.63) is 94.4 Å². The van der Waals surface area contributed by atoms with Gasteiger partial charge in [-0.1, -0.05) is 221 Å². The van der Waals surface area contributed by atoms with Gasteiger partial charge in [0.25, 0.3) is 0 Å². The Bertz CT molecular complexity index is 3010. The second kappa shape index (κ2) is 62.1. The number of benzene rings is 3. The van der Waals surface area contributed by atoms with Gasteiger partial charge in [0.2, 0.25) is 0 Å². The molecule has 0 aliphatic heterocycles. The smallest absolute Gasteiger partial charge is 0.115 e. The molecular formula is C86H111N2NiO-. The number of hydrogen-bond donors (Lipinski definition) is 1. The van der Waals surface area contributed by atoms with Gasteiger partial charge in [-0.25, -0.2) is 5.92 Å². The van der Waals surface area contributed by atoms with Crippen molar-refractivity contribution in [3.8, 4) is 119 Å². The van der Waals surface area contributed by atoms with Gasteiger partial charge >= 0.3 is 0 Å². The zero-order chi connectivity index (χ0) is 64.7. The Morgan fingerprint density at radius 2 is 0.656 bits per heavy atom. The Hall–Kier alpha value is -7.11. The molecule has 1 N–H and O–H groups in total. The SMILES string of the molecule is CCCCCCCCCCCCCC(=Nc1cc(CCCC)c(CCCCCCCC)c(CCCCCC)c1)C(C)=Nc1cc(CCCC)c(CCCC)c(CCCCCC)c1.Oc1ccccc1.[C-]#CC#CC#CC#CC#CC#CC#CC#CC#CC#C.[Ni]. The average molecular weight is 1250 g/mol. The summed E-state index contributed by atoms with van der Waals surface area (Å²) >= 11 is 0. The molecule has 90 heavy (non-hydrogen) atoms. The summed E-state index contributed by atoms with van der Waals surface area (Å²) in [5.74, 6) is 42.9. The van der Waals surface area contributed by atoms with Crippen molar-refractivity contribution in [2.24, 2.45) is 9.98 Å². The second-order valence-electron chi connectivity index (χ2n) is 23.1. The van der Waals surface area contributed by atoms with Crippen LogP contribution in [0, 0.1) is 119 Å². The minimum atomic E-state index is 0.